The zero-order chi connectivity index (χ0) is 15.2. The number of hydrogen-bond acceptors (Lipinski definition) is 3. The summed E-state index contributed by atoms with van der Waals surface area (Å²) in [5.74, 6) is 1.85. The molecule has 1 heterocycles. The van der Waals surface area contributed by atoms with Gasteiger partial charge in [-0.3, -0.25) is 0 Å². The maximum absolute atomic E-state index is 6.06. The molecule has 1 N–H and O–H groups in total. The fourth-order valence-corrected chi connectivity index (χ4v) is 2.52. The molecule has 0 aliphatic heterocycles. The summed E-state index contributed by atoms with van der Waals surface area (Å²) in [6, 6.07) is 5.93. The van der Waals surface area contributed by atoms with Crippen LogP contribution in [-0.2, 0) is 13.5 Å². The Bertz CT molecular complexity index is 583. The van der Waals surface area contributed by atoms with Crippen molar-refractivity contribution in [3.8, 4) is 5.75 Å². The van der Waals surface area contributed by atoms with Gasteiger partial charge in [0.15, 0.2) is 0 Å². The topological polar surface area (TPSA) is 39.1 Å². The van der Waals surface area contributed by atoms with Gasteiger partial charge >= 0.3 is 0 Å². The van der Waals surface area contributed by atoms with E-state index in [1.807, 2.05) is 42.2 Å². The highest BCUT2D eigenvalue weighted by Gasteiger charge is 2.18. The average molecular weight is 308 g/mol. The van der Waals surface area contributed by atoms with Gasteiger partial charge in [-0.2, -0.15) is 0 Å². The highest BCUT2D eigenvalue weighted by molar-refractivity contribution is 6.30. The first-order valence-corrected chi connectivity index (χ1v) is 7.56. The molecule has 0 aliphatic rings. The molecule has 1 aromatic heterocycles. The van der Waals surface area contributed by atoms with E-state index in [-0.39, 0.29) is 6.04 Å². The van der Waals surface area contributed by atoms with Gasteiger partial charge < -0.3 is 14.6 Å². The molecule has 1 aromatic carbocycles. The Morgan fingerprint density at radius 3 is 2.86 bits per heavy atom. The number of aryl methyl sites for hydroxylation is 1. The summed E-state index contributed by atoms with van der Waals surface area (Å²) < 4.78 is 7.53. The van der Waals surface area contributed by atoms with Crippen molar-refractivity contribution in [2.45, 2.75) is 25.8 Å². The fraction of sp³-hybridized carbons (Fsp3) is 0.438. The third-order valence-corrected chi connectivity index (χ3v) is 3.75. The zero-order valence-electron chi connectivity index (χ0n) is 12.8. The van der Waals surface area contributed by atoms with Crippen molar-refractivity contribution in [2.24, 2.45) is 7.05 Å². The number of methoxy groups -OCH3 is 1. The lowest BCUT2D eigenvalue weighted by molar-refractivity contribution is 0.396. The molecular formula is C16H22ClN3O. The van der Waals surface area contributed by atoms with E-state index in [4.69, 9.17) is 16.3 Å². The van der Waals surface area contributed by atoms with Crippen LogP contribution in [0, 0.1) is 0 Å². The maximum Gasteiger partial charge on any atom is 0.125 e. The number of rotatable bonds is 7. The van der Waals surface area contributed by atoms with Gasteiger partial charge in [-0.1, -0.05) is 24.6 Å². The molecule has 1 unspecified atom stereocenters. The van der Waals surface area contributed by atoms with Crippen molar-refractivity contribution in [1.29, 1.82) is 0 Å². The second-order valence-corrected chi connectivity index (χ2v) is 5.49. The van der Waals surface area contributed by atoms with Crippen molar-refractivity contribution >= 4 is 11.6 Å². The SMILES string of the molecule is CCCNC(Cc1nccn1C)c1ccc(Cl)cc1OC. The van der Waals surface area contributed by atoms with Crippen molar-refractivity contribution < 1.29 is 4.74 Å². The summed E-state index contributed by atoms with van der Waals surface area (Å²) in [6.45, 7) is 3.10. The smallest absolute Gasteiger partial charge is 0.125 e. The maximum atomic E-state index is 6.06. The molecular weight excluding hydrogens is 286 g/mol. The van der Waals surface area contributed by atoms with Gasteiger partial charge in [0.2, 0.25) is 0 Å². The molecule has 0 radical (unpaired) electrons. The summed E-state index contributed by atoms with van der Waals surface area (Å²) >= 11 is 6.06. The van der Waals surface area contributed by atoms with Crippen LogP contribution in [0.15, 0.2) is 30.6 Å². The predicted molar refractivity (Wildman–Crippen MR) is 86.0 cm³/mol. The molecule has 5 heteroatoms. The number of nitrogens with zero attached hydrogens (tertiary/aromatic N) is 2. The summed E-state index contributed by atoms with van der Waals surface area (Å²) in [7, 11) is 3.69. The predicted octanol–water partition coefficient (Wildman–Crippen LogP) is 3.37. The number of hydrogen-bond donors (Lipinski definition) is 1. The van der Waals surface area contributed by atoms with Crippen molar-refractivity contribution in [2.75, 3.05) is 13.7 Å². The van der Waals surface area contributed by atoms with Crippen LogP contribution >= 0.6 is 11.6 Å². The van der Waals surface area contributed by atoms with Crippen LogP contribution in [0.1, 0.15) is 30.8 Å². The quantitative estimate of drug-likeness (QED) is 0.852. The largest absolute Gasteiger partial charge is 0.496 e. The van der Waals surface area contributed by atoms with Crippen molar-refractivity contribution in [1.82, 2.24) is 14.9 Å². The Morgan fingerprint density at radius 2 is 2.24 bits per heavy atom. The second kappa shape index (κ2) is 7.48. The van der Waals surface area contributed by atoms with E-state index >= 15 is 0 Å². The van der Waals surface area contributed by atoms with Crippen molar-refractivity contribution in [3.63, 3.8) is 0 Å². The van der Waals surface area contributed by atoms with E-state index in [1.54, 1.807) is 7.11 Å². The van der Waals surface area contributed by atoms with Crippen LogP contribution in [0.2, 0.25) is 5.02 Å². The Balaban J connectivity index is 2.29. The Labute approximate surface area is 131 Å². The molecule has 0 aliphatic carbocycles. The van der Waals surface area contributed by atoms with E-state index in [9.17, 15) is 0 Å². The van der Waals surface area contributed by atoms with Crippen LogP contribution in [0.5, 0.6) is 5.75 Å². The monoisotopic (exact) mass is 307 g/mol. The second-order valence-electron chi connectivity index (χ2n) is 5.05. The van der Waals surface area contributed by atoms with Crippen LogP contribution in [0.3, 0.4) is 0 Å². The lowest BCUT2D eigenvalue weighted by atomic mass is 10.0. The van der Waals surface area contributed by atoms with Gasteiger partial charge in [0.1, 0.15) is 11.6 Å². The highest BCUT2D eigenvalue weighted by Crippen LogP contribution is 2.30. The molecule has 0 bridgehead atoms. The first-order chi connectivity index (χ1) is 10.2. The molecule has 0 fully saturated rings. The van der Waals surface area contributed by atoms with E-state index in [2.05, 4.69) is 17.2 Å². The molecule has 21 heavy (non-hydrogen) atoms. The molecule has 0 spiro atoms. The minimum Gasteiger partial charge on any atom is -0.496 e. The number of halogens is 1. The Hall–Kier alpha value is -1.52. The molecule has 0 amide bonds. The molecule has 2 rings (SSSR count). The third kappa shape index (κ3) is 3.99. The van der Waals surface area contributed by atoms with Crippen LogP contribution in [0.25, 0.3) is 0 Å². The summed E-state index contributed by atoms with van der Waals surface area (Å²) in [5, 5.41) is 4.25. The van der Waals surface area contributed by atoms with Gasteiger partial charge in [-0.05, 0) is 25.1 Å². The van der Waals surface area contributed by atoms with E-state index in [0.29, 0.717) is 5.02 Å². The normalized spacial score (nSPS) is 12.4. The molecule has 0 saturated heterocycles. The van der Waals surface area contributed by atoms with E-state index in [1.165, 1.54) is 0 Å². The minimum atomic E-state index is 0.151. The average Bonchev–Trinajstić information content (AvgIpc) is 2.88. The van der Waals surface area contributed by atoms with Crippen molar-refractivity contribution in [3.05, 3.63) is 47.0 Å². The number of imidazole rings is 1. The van der Waals surface area contributed by atoms with E-state index in [0.717, 1.165) is 36.5 Å². The number of nitrogens with one attached hydrogen (secondary N) is 1. The van der Waals surface area contributed by atoms with Crippen LogP contribution in [0.4, 0.5) is 0 Å². The number of ether oxygens (including phenoxy) is 1. The summed E-state index contributed by atoms with van der Waals surface area (Å²) in [5.41, 5.74) is 1.11. The Morgan fingerprint density at radius 1 is 1.43 bits per heavy atom. The zero-order valence-corrected chi connectivity index (χ0v) is 13.5. The standard InChI is InChI=1S/C16H22ClN3O/c1-4-7-18-14(11-16-19-8-9-20(16)2)13-6-5-12(17)10-15(13)21-3/h5-6,8-10,14,18H,4,7,11H2,1-3H3. The van der Waals surface area contributed by atoms with Crippen LogP contribution < -0.4 is 10.1 Å². The van der Waals surface area contributed by atoms with Crippen LogP contribution in [-0.4, -0.2) is 23.2 Å². The van der Waals surface area contributed by atoms with Gasteiger partial charge in [0, 0.05) is 42.5 Å². The van der Waals surface area contributed by atoms with Gasteiger partial charge in [-0.25, -0.2) is 4.98 Å². The molecule has 0 saturated carbocycles. The Kier molecular flexibility index (Phi) is 5.65. The minimum absolute atomic E-state index is 0.151. The van der Waals surface area contributed by atoms with Gasteiger partial charge in [0.05, 0.1) is 7.11 Å². The number of aromatic nitrogens is 2. The molecule has 4 nitrogen and oxygen atoms in total. The molecule has 114 valence electrons. The highest BCUT2D eigenvalue weighted by atomic mass is 35.5. The van der Waals surface area contributed by atoms with E-state index < -0.39 is 0 Å². The third-order valence-electron chi connectivity index (χ3n) is 3.52. The van der Waals surface area contributed by atoms with Gasteiger partial charge in [-0.15, -0.1) is 0 Å². The molecule has 1 atom stereocenters. The summed E-state index contributed by atoms with van der Waals surface area (Å²) in [4.78, 5) is 4.42. The molecule has 2 aromatic rings. The first kappa shape index (κ1) is 15.9. The fourth-order valence-electron chi connectivity index (χ4n) is 2.36. The summed E-state index contributed by atoms with van der Waals surface area (Å²) in [6.07, 6.45) is 5.67. The number of benzene rings is 1. The first-order valence-electron chi connectivity index (χ1n) is 7.18. The lowest BCUT2D eigenvalue weighted by Crippen LogP contribution is -2.25. The van der Waals surface area contributed by atoms with Gasteiger partial charge in [0.25, 0.3) is 0 Å². The lowest BCUT2D eigenvalue weighted by Gasteiger charge is -2.21.